The fraction of sp³-hybridized carbons (Fsp3) is 0.280. The summed E-state index contributed by atoms with van der Waals surface area (Å²) in [7, 11) is 0. The lowest BCUT2D eigenvalue weighted by Crippen LogP contribution is -2.37. The molecule has 4 aromatic rings. The van der Waals surface area contributed by atoms with Gasteiger partial charge < -0.3 is 4.90 Å². The minimum absolute atomic E-state index is 0.0279. The summed E-state index contributed by atoms with van der Waals surface area (Å²) >= 11 is 0. The number of carbonyl (C=O) groups is 1. The van der Waals surface area contributed by atoms with Crippen LogP contribution < -0.4 is 5.56 Å². The van der Waals surface area contributed by atoms with Crippen molar-refractivity contribution in [3.05, 3.63) is 88.1 Å². The van der Waals surface area contributed by atoms with Crippen molar-refractivity contribution in [2.45, 2.75) is 45.8 Å². The Morgan fingerprint density at radius 3 is 2.50 bits per heavy atom. The Kier molecular flexibility index (Phi) is 5.09. The second-order valence-corrected chi connectivity index (χ2v) is 8.56. The second-order valence-electron chi connectivity index (χ2n) is 8.56. The van der Waals surface area contributed by atoms with Crippen LogP contribution >= 0.6 is 0 Å². The first-order chi connectivity index (χ1) is 15.5. The van der Waals surface area contributed by atoms with Gasteiger partial charge >= 0.3 is 0 Å². The molecule has 2 aromatic heterocycles. The average molecular weight is 428 g/mol. The molecule has 1 amide bonds. The van der Waals surface area contributed by atoms with Crippen LogP contribution in [0.3, 0.4) is 0 Å². The number of hydrogen-bond acceptors (Lipinski definition) is 4. The molecule has 0 saturated heterocycles. The van der Waals surface area contributed by atoms with Crippen LogP contribution in [-0.2, 0) is 17.9 Å². The fourth-order valence-corrected chi connectivity index (χ4v) is 4.15. The number of benzene rings is 2. The van der Waals surface area contributed by atoms with Gasteiger partial charge in [-0.1, -0.05) is 36.4 Å². The SMILES string of the molecule is Cc1cc(C)cc(-n2ncc3c(=O)n(CC(=O)N(Cc4ccccc4)C4CC4)cnc32)c1. The van der Waals surface area contributed by atoms with Gasteiger partial charge in [-0.2, -0.15) is 5.10 Å². The molecule has 1 fully saturated rings. The topological polar surface area (TPSA) is 73.0 Å². The molecule has 7 nitrogen and oxygen atoms in total. The van der Waals surface area contributed by atoms with E-state index in [4.69, 9.17) is 0 Å². The van der Waals surface area contributed by atoms with Crippen LogP contribution in [0.15, 0.2) is 65.8 Å². The maximum absolute atomic E-state index is 13.1. The second kappa shape index (κ2) is 8.07. The number of nitrogens with zero attached hydrogens (tertiary/aromatic N) is 5. The Hall–Kier alpha value is -3.74. The summed E-state index contributed by atoms with van der Waals surface area (Å²) in [6, 6.07) is 16.3. The van der Waals surface area contributed by atoms with E-state index in [1.165, 1.54) is 17.1 Å². The molecule has 162 valence electrons. The van der Waals surface area contributed by atoms with Gasteiger partial charge in [0.05, 0.1) is 11.9 Å². The van der Waals surface area contributed by atoms with Gasteiger partial charge in [0.1, 0.15) is 18.3 Å². The molecule has 1 aliphatic rings. The number of fused-ring (bicyclic) bond motifs is 1. The highest BCUT2D eigenvalue weighted by Gasteiger charge is 2.32. The van der Waals surface area contributed by atoms with E-state index in [-0.39, 0.29) is 24.1 Å². The van der Waals surface area contributed by atoms with E-state index in [2.05, 4.69) is 16.1 Å². The molecular formula is C25H25N5O2. The lowest BCUT2D eigenvalue weighted by Gasteiger charge is -2.23. The third kappa shape index (κ3) is 3.93. The maximum Gasteiger partial charge on any atom is 0.264 e. The van der Waals surface area contributed by atoms with Crippen molar-refractivity contribution in [1.82, 2.24) is 24.2 Å². The predicted molar refractivity (Wildman–Crippen MR) is 123 cm³/mol. The summed E-state index contributed by atoms with van der Waals surface area (Å²) in [5.74, 6) is -0.0682. The fourth-order valence-electron chi connectivity index (χ4n) is 4.15. The van der Waals surface area contributed by atoms with E-state index >= 15 is 0 Å². The van der Waals surface area contributed by atoms with Gasteiger partial charge in [0.25, 0.3) is 5.56 Å². The molecule has 0 bridgehead atoms. The number of aromatic nitrogens is 4. The zero-order chi connectivity index (χ0) is 22.2. The molecular weight excluding hydrogens is 402 g/mol. The first-order valence-electron chi connectivity index (χ1n) is 10.8. The van der Waals surface area contributed by atoms with Crippen LogP contribution in [-0.4, -0.2) is 36.2 Å². The Morgan fingerprint density at radius 1 is 1.09 bits per heavy atom. The molecule has 2 aromatic carbocycles. The normalized spacial score (nSPS) is 13.4. The van der Waals surface area contributed by atoms with Crippen molar-refractivity contribution in [3.63, 3.8) is 0 Å². The third-order valence-electron chi connectivity index (χ3n) is 5.81. The molecule has 32 heavy (non-hydrogen) atoms. The summed E-state index contributed by atoms with van der Waals surface area (Å²) in [4.78, 5) is 32.6. The van der Waals surface area contributed by atoms with E-state index in [1.54, 1.807) is 4.68 Å². The monoisotopic (exact) mass is 427 g/mol. The molecule has 0 unspecified atom stereocenters. The van der Waals surface area contributed by atoms with Crippen molar-refractivity contribution in [1.29, 1.82) is 0 Å². The first kappa shape index (κ1) is 20.2. The molecule has 0 radical (unpaired) electrons. The molecule has 5 rings (SSSR count). The lowest BCUT2D eigenvalue weighted by atomic mass is 10.1. The molecule has 1 saturated carbocycles. The van der Waals surface area contributed by atoms with Gasteiger partial charge in [-0.25, -0.2) is 9.67 Å². The number of hydrogen-bond donors (Lipinski definition) is 0. The van der Waals surface area contributed by atoms with Crippen LogP contribution in [0.4, 0.5) is 0 Å². The number of rotatable bonds is 6. The highest BCUT2D eigenvalue weighted by molar-refractivity contribution is 5.78. The molecule has 2 heterocycles. The van der Waals surface area contributed by atoms with Gasteiger partial charge in [-0.15, -0.1) is 0 Å². The zero-order valence-electron chi connectivity index (χ0n) is 18.2. The van der Waals surface area contributed by atoms with Gasteiger partial charge in [0, 0.05) is 12.6 Å². The Balaban J connectivity index is 1.43. The smallest absolute Gasteiger partial charge is 0.264 e. The third-order valence-corrected chi connectivity index (χ3v) is 5.81. The zero-order valence-corrected chi connectivity index (χ0v) is 18.2. The summed E-state index contributed by atoms with van der Waals surface area (Å²) in [5.41, 5.74) is 4.41. The number of amides is 1. The summed E-state index contributed by atoms with van der Waals surface area (Å²) in [6.07, 6.45) is 5.00. The van der Waals surface area contributed by atoms with E-state index in [9.17, 15) is 9.59 Å². The standard InChI is InChI=1S/C25H25N5O2/c1-17-10-18(2)12-21(11-17)30-24-22(13-27-30)25(32)28(16-26-24)15-23(31)29(20-8-9-20)14-19-6-4-3-5-7-19/h3-7,10-13,16,20H,8-9,14-15H2,1-2H3. The molecule has 0 spiro atoms. The molecule has 0 N–H and O–H groups in total. The van der Waals surface area contributed by atoms with Crippen molar-refractivity contribution in [2.24, 2.45) is 0 Å². The maximum atomic E-state index is 13.1. The van der Waals surface area contributed by atoms with Crippen LogP contribution in [0.5, 0.6) is 0 Å². The van der Waals surface area contributed by atoms with E-state index < -0.39 is 0 Å². The highest BCUT2D eigenvalue weighted by Crippen LogP contribution is 2.28. The Labute approximate surface area is 185 Å². The average Bonchev–Trinajstić information content (AvgIpc) is 3.52. The van der Waals surface area contributed by atoms with Crippen LogP contribution in [0.1, 0.15) is 29.5 Å². The minimum Gasteiger partial charge on any atom is -0.334 e. The summed E-state index contributed by atoms with van der Waals surface area (Å²) < 4.78 is 3.06. The van der Waals surface area contributed by atoms with Crippen molar-refractivity contribution >= 4 is 16.9 Å². The van der Waals surface area contributed by atoms with Crippen LogP contribution in [0.25, 0.3) is 16.7 Å². The van der Waals surface area contributed by atoms with Crippen molar-refractivity contribution in [3.8, 4) is 5.69 Å². The number of carbonyl (C=O) groups excluding carboxylic acids is 1. The Bertz CT molecular complexity index is 1330. The summed E-state index contributed by atoms with van der Waals surface area (Å²) in [6.45, 7) is 4.57. The van der Waals surface area contributed by atoms with Crippen molar-refractivity contribution < 1.29 is 4.79 Å². The van der Waals surface area contributed by atoms with Gasteiger partial charge in [-0.3, -0.25) is 14.2 Å². The number of aryl methyl sites for hydroxylation is 2. The minimum atomic E-state index is -0.255. The van der Waals surface area contributed by atoms with E-state index in [1.807, 2.05) is 61.2 Å². The van der Waals surface area contributed by atoms with E-state index in [0.29, 0.717) is 17.6 Å². The first-order valence-corrected chi connectivity index (χ1v) is 10.8. The lowest BCUT2D eigenvalue weighted by molar-refractivity contribution is -0.133. The van der Waals surface area contributed by atoms with E-state index in [0.717, 1.165) is 35.2 Å². The quantitative estimate of drug-likeness (QED) is 0.473. The van der Waals surface area contributed by atoms with Gasteiger partial charge in [0.15, 0.2) is 5.65 Å². The highest BCUT2D eigenvalue weighted by atomic mass is 16.2. The molecule has 1 aliphatic carbocycles. The van der Waals surface area contributed by atoms with Crippen LogP contribution in [0.2, 0.25) is 0 Å². The molecule has 0 aliphatic heterocycles. The predicted octanol–water partition coefficient (Wildman–Crippen LogP) is 3.39. The molecule has 7 heteroatoms. The van der Waals surface area contributed by atoms with Crippen molar-refractivity contribution in [2.75, 3.05) is 0 Å². The Morgan fingerprint density at radius 2 is 1.81 bits per heavy atom. The van der Waals surface area contributed by atoms with Gasteiger partial charge in [-0.05, 0) is 55.5 Å². The summed E-state index contributed by atoms with van der Waals surface area (Å²) in [5, 5.41) is 4.81. The largest absolute Gasteiger partial charge is 0.334 e. The van der Waals surface area contributed by atoms with Crippen LogP contribution in [0, 0.1) is 13.8 Å². The van der Waals surface area contributed by atoms with Gasteiger partial charge in [0.2, 0.25) is 5.91 Å². The molecule has 0 atom stereocenters.